The van der Waals surface area contributed by atoms with Crippen LogP contribution in [-0.2, 0) is 17.6 Å². The van der Waals surface area contributed by atoms with Crippen LogP contribution in [0.1, 0.15) is 17.1 Å². The zero-order valence-corrected chi connectivity index (χ0v) is 14.1. The molecule has 3 aromatic heterocycles. The highest BCUT2D eigenvalue weighted by molar-refractivity contribution is 7.10. The Kier molecular flexibility index (Phi) is 5.44. The summed E-state index contributed by atoms with van der Waals surface area (Å²) in [5.74, 6) is 0.0551. The summed E-state index contributed by atoms with van der Waals surface area (Å²) in [6.07, 6.45) is 3.66. The number of nitrogens with one attached hydrogen (secondary N) is 1. The van der Waals surface area contributed by atoms with E-state index in [0.29, 0.717) is 19.4 Å². The van der Waals surface area contributed by atoms with E-state index in [-0.39, 0.29) is 5.91 Å². The number of carbonyl (C=O) groups excluding carboxylic acids is 1. The molecule has 7 heteroatoms. The van der Waals surface area contributed by atoms with Crippen LogP contribution < -0.4 is 5.32 Å². The van der Waals surface area contributed by atoms with Crippen LogP contribution in [-0.4, -0.2) is 27.4 Å². The molecule has 1 N–H and O–H groups in total. The van der Waals surface area contributed by atoms with E-state index in [1.807, 2.05) is 29.0 Å². The number of hydrogen-bond donors (Lipinski definition) is 1. The second kappa shape index (κ2) is 7.94. The van der Waals surface area contributed by atoms with Crippen molar-refractivity contribution in [2.24, 2.45) is 0 Å². The number of amides is 1. The van der Waals surface area contributed by atoms with E-state index in [4.69, 9.17) is 0 Å². The molecule has 0 fully saturated rings. The van der Waals surface area contributed by atoms with Crippen molar-refractivity contribution in [3.8, 4) is 11.4 Å². The first-order chi connectivity index (χ1) is 11.3. The van der Waals surface area contributed by atoms with Crippen molar-refractivity contribution in [2.45, 2.75) is 19.3 Å². The van der Waals surface area contributed by atoms with Crippen LogP contribution in [0.15, 0.2) is 40.7 Å². The largest absolute Gasteiger partial charge is 0.356 e. The first kappa shape index (κ1) is 15.8. The fourth-order valence-electron chi connectivity index (χ4n) is 2.06. The monoisotopic (exact) mass is 344 g/mol. The lowest BCUT2D eigenvalue weighted by molar-refractivity contribution is -0.121. The van der Waals surface area contributed by atoms with Gasteiger partial charge in [0.2, 0.25) is 5.91 Å². The molecule has 0 aliphatic carbocycles. The van der Waals surface area contributed by atoms with Gasteiger partial charge in [-0.25, -0.2) is 9.97 Å². The summed E-state index contributed by atoms with van der Waals surface area (Å²) in [6.45, 7) is 0.602. The molecule has 0 aliphatic rings. The molecule has 0 saturated carbocycles. The Bertz CT molecular complexity index is 741. The van der Waals surface area contributed by atoms with Gasteiger partial charge in [-0.05, 0) is 18.6 Å². The Labute approximate surface area is 142 Å². The Hall–Kier alpha value is -2.12. The maximum atomic E-state index is 11.8. The van der Waals surface area contributed by atoms with Crippen molar-refractivity contribution in [2.75, 3.05) is 6.54 Å². The first-order valence-electron chi connectivity index (χ1n) is 7.31. The number of hydrogen-bond acceptors (Lipinski definition) is 6. The highest BCUT2D eigenvalue weighted by Crippen LogP contribution is 2.19. The van der Waals surface area contributed by atoms with Gasteiger partial charge in [0.1, 0.15) is 0 Å². The molecular formula is C16H16N4OS2. The summed E-state index contributed by atoms with van der Waals surface area (Å²) in [5.41, 5.74) is 4.53. The first-order valence-corrected chi connectivity index (χ1v) is 9.13. The summed E-state index contributed by atoms with van der Waals surface area (Å²) >= 11 is 3.15. The summed E-state index contributed by atoms with van der Waals surface area (Å²) in [6, 6.07) is 5.78. The lowest BCUT2D eigenvalue weighted by Crippen LogP contribution is -2.25. The predicted octanol–water partition coefficient (Wildman–Crippen LogP) is 2.95. The Morgan fingerprint density at radius 3 is 2.87 bits per heavy atom. The lowest BCUT2D eigenvalue weighted by Gasteiger charge is -2.02. The van der Waals surface area contributed by atoms with Gasteiger partial charge in [0.15, 0.2) is 0 Å². The van der Waals surface area contributed by atoms with Crippen molar-refractivity contribution in [3.63, 3.8) is 0 Å². The number of rotatable bonds is 7. The molecule has 0 aliphatic heterocycles. The Balaban J connectivity index is 1.42. The summed E-state index contributed by atoms with van der Waals surface area (Å²) in [4.78, 5) is 24.8. The molecule has 0 aromatic carbocycles. The van der Waals surface area contributed by atoms with Gasteiger partial charge in [-0.3, -0.25) is 9.78 Å². The summed E-state index contributed by atoms with van der Waals surface area (Å²) in [7, 11) is 0. The number of thiazole rings is 2. The maximum absolute atomic E-state index is 11.8. The van der Waals surface area contributed by atoms with Crippen LogP contribution >= 0.6 is 22.7 Å². The minimum atomic E-state index is 0.0551. The average Bonchev–Trinajstić information content (AvgIpc) is 3.26. The molecule has 0 radical (unpaired) electrons. The van der Waals surface area contributed by atoms with Crippen LogP contribution in [0.3, 0.4) is 0 Å². The van der Waals surface area contributed by atoms with E-state index in [9.17, 15) is 4.79 Å². The van der Waals surface area contributed by atoms with Gasteiger partial charge in [0.25, 0.3) is 0 Å². The topological polar surface area (TPSA) is 67.8 Å². The molecule has 3 aromatic rings. The van der Waals surface area contributed by atoms with Crippen molar-refractivity contribution < 1.29 is 4.79 Å². The number of pyridine rings is 1. The van der Waals surface area contributed by atoms with E-state index in [2.05, 4.69) is 20.3 Å². The Morgan fingerprint density at radius 1 is 1.13 bits per heavy atom. The maximum Gasteiger partial charge on any atom is 0.220 e. The SMILES string of the molecule is O=C(CCc1cscn1)NCCc1nc(-c2ccccn2)cs1. The highest BCUT2D eigenvalue weighted by Gasteiger charge is 2.07. The fourth-order valence-corrected chi connectivity index (χ4v) is 3.44. The normalized spacial score (nSPS) is 10.6. The average molecular weight is 344 g/mol. The van der Waals surface area contributed by atoms with E-state index < -0.39 is 0 Å². The fraction of sp³-hybridized carbons (Fsp3) is 0.250. The molecule has 1 amide bonds. The minimum Gasteiger partial charge on any atom is -0.356 e. The second-order valence-electron chi connectivity index (χ2n) is 4.92. The van der Waals surface area contributed by atoms with Crippen LogP contribution in [0, 0.1) is 0 Å². The van der Waals surface area contributed by atoms with E-state index in [1.54, 1.807) is 34.4 Å². The zero-order valence-electron chi connectivity index (χ0n) is 12.4. The molecule has 0 saturated heterocycles. The molecule has 23 heavy (non-hydrogen) atoms. The standard InChI is InChI=1S/C16H16N4OS2/c21-15(5-4-12-9-22-11-19-12)18-8-6-16-20-14(10-23-16)13-3-1-2-7-17-13/h1-3,7,9-11H,4-6,8H2,(H,18,21). The van der Waals surface area contributed by atoms with Crippen molar-refractivity contribution in [1.29, 1.82) is 0 Å². The molecule has 0 bridgehead atoms. The van der Waals surface area contributed by atoms with Gasteiger partial charge in [0.05, 0.1) is 27.6 Å². The van der Waals surface area contributed by atoms with E-state index in [1.165, 1.54) is 0 Å². The molecule has 0 atom stereocenters. The van der Waals surface area contributed by atoms with Crippen LogP contribution in [0.5, 0.6) is 0 Å². The van der Waals surface area contributed by atoms with E-state index in [0.717, 1.165) is 28.5 Å². The Morgan fingerprint density at radius 2 is 2.09 bits per heavy atom. The molecular weight excluding hydrogens is 328 g/mol. The number of carbonyl (C=O) groups is 1. The third kappa shape index (κ3) is 4.67. The third-order valence-electron chi connectivity index (χ3n) is 3.23. The van der Waals surface area contributed by atoms with Gasteiger partial charge < -0.3 is 5.32 Å². The molecule has 3 rings (SSSR count). The van der Waals surface area contributed by atoms with Crippen molar-refractivity contribution in [3.05, 3.63) is 51.4 Å². The van der Waals surface area contributed by atoms with Crippen molar-refractivity contribution in [1.82, 2.24) is 20.3 Å². The summed E-state index contributed by atoms with van der Waals surface area (Å²) < 4.78 is 0. The number of aromatic nitrogens is 3. The molecule has 0 spiro atoms. The highest BCUT2D eigenvalue weighted by atomic mass is 32.1. The van der Waals surface area contributed by atoms with E-state index >= 15 is 0 Å². The van der Waals surface area contributed by atoms with Crippen LogP contribution in [0.25, 0.3) is 11.4 Å². The number of nitrogens with zero attached hydrogens (tertiary/aromatic N) is 3. The molecule has 0 unspecified atom stereocenters. The van der Waals surface area contributed by atoms with Crippen LogP contribution in [0.4, 0.5) is 0 Å². The van der Waals surface area contributed by atoms with Crippen molar-refractivity contribution >= 4 is 28.6 Å². The van der Waals surface area contributed by atoms with Gasteiger partial charge in [-0.15, -0.1) is 22.7 Å². The molecule has 5 nitrogen and oxygen atoms in total. The van der Waals surface area contributed by atoms with Gasteiger partial charge >= 0.3 is 0 Å². The van der Waals surface area contributed by atoms with Gasteiger partial charge in [0, 0.05) is 36.3 Å². The lowest BCUT2D eigenvalue weighted by atomic mass is 10.2. The second-order valence-corrected chi connectivity index (χ2v) is 6.58. The number of aryl methyl sites for hydroxylation is 1. The molecule has 3 heterocycles. The predicted molar refractivity (Wildman–Crippen MR) is 92.5 cm³/mol. The van der Waals surface area contributed by atoms with Crippen LogP contribution in [0.2, 0.25) is 0 Å². The van der Waals surface area contributed by atoms with Gasteiger partial charge in [-0.2, -0.15) is 0 Å². The quantitative estimate of drug-likeness (QED) is 0.715. The van der Waals surface area contributed by atoms with Gasteiger partial charge in [-0.1, -0.05) is 6.07 Å². The zero-order chi connectivity index (χ0) is 15.9. The molecule has 118 valence electrons. The summed E-state index contributed by atoms with van der Waals surface area (Å²) in [5, 5.41) is 7.91. The third-order valence-corrected chi connectivity index (χ3v) is 4.78. The smallest absolute Gasteiger partial charge is 0.220 e. The minimum absolute atomic E-state index is 0.0551.